The third kappa shape index (κ3) is 7.92. The van der Waals surface area contributed by atoms with Crippen LogP contribution in [0.1, 0.15) is 0 Å². The van der Waals surface area contributed by atoms with Crippen LogP contribution >= 0.6 is 44.3 Å². The Hall–Kier alpha value is -0.806. The van der Waals surface area contributed by atoms with E-state index in [-0.39, 0.29) is 0 Å². The summed E-state index contributed by atoms with van der Waals surface area (Å²) in [6.45, 7) is 0. The van der Waals surface area contributed by atoms with Gasteiger partial charge in [0.2, 0.25) is 0 Å². The predicted octanol–water partition coefficient (Wildman–Crippen LogP) is 7.10. The van der Waals surface area contributed by atoms with Gasteiger partial charge in [-0.3, -0.25) is 6.16 Å². The third-order valence-corrected chi connectivity index (χ3v) is 9.59. The molecule has 0 bridgehead atoms. The maximum absolute atomic E-state index is 3.00. The molecule has 0 amide bonds. The Kier molecular flexibility index (Phi) is 11.5. The molecule has 0 heterocycles. The number of halogens is 2. The molecule has 161 valence electrons. The van der Waals surface area contributed by atoms with E-state index in [1.165, 1.54) is 32.1 Å². The molecule has 0 nitrogen and oxygen atoms in total. The molecule has 0 aromatic heterocycles. The maximum atomic E-state index is 3.00. The third-order valence-electron chi connectivity index (χ3n) is 4.65. The first-order valence-electron chi connectivity index (χ1n) is 9.76. The van der Waals surface area contributed by atoms with Gasteiger partial charge in [-0.1, -0.05) is 140 Å². The topological polar surface area (TPSA) is 0 Å². The summed E-state index contributed by atoms with van der Waals surface area (Å²) < 4.78 is 0. The average molecular weight is 616 g/mol. The van der Waals surface area contributed by atoms with Crippen molar-refractivity contribution in [2.24, 2.45) is 0 Å². The van der Waals surface area contributed by atoms with Crippen LogP contribution in [0.25, 0.3) is 0 Å². The second-order valence-corrected chi connectivity index (χ2v) is 15.9. The standard InChI is InChI=1S/C26H23P2.2BrH.Ni/c1-5-13-23(14-6-1)27(24-15-7-2-8-16-24)21-22-28(25-17-9-3-10-18-25)26-19-11-4-12-20-26;;;/h1-21H,22H2;2*1H;/q-1;;;+3/p-2. The first kappa shape index (κ1) is 24.8. The molecule has 0 unspecified atom stereocenters. The van der Waals surface area contributed by atoms with E-state index in [1.807, 2.05) is 0 Å². The van der Waals surface area contributed by atoms with Gasteiger partial charge in [0.25, 0.3) is 0 Å². The molecule has 4 rings (SSSR count). The summed E-state index contributed by atoms with van der Waals surface area (Å²) in [5.41, 5.74) is 0. The Morgan fingerprint density at radius 3 is 1.13 bits per heavy atom. The van der Waals surface area contributed by atoms with E-state index in [0.717, 1.165) is 6.16 Å². The van der Waals surface area contributed by atoms with Crippen molar-refractivity contribution in [2.45, 2.75) is 0 Å². The molecule has 0 aliphatic carbocycles. The molecule has 0 saturated carbocycles. The van der Waals surface area contributed by atoms with E-state index < -0.39 is 15.8 Å². The quantitative estimate of drug-likeness (QED) is 0.118. The molecule has 0 saturated heterocycles. The summed E-state index contributed by atoms with van der Waals surface area (Å²) in [6.07, 6.45) is 3.66. The SMILES string of the molecule is [Br][Ni+][Br].c1ccc(P([CH-]CP(c2ccccc2)c2ccccc2)c2ccccc2)cc1. The Morgan fingerprint density at radius 1 is 0.516 bits per heavy atom. The Balaban J connectivity index is 0.000000858. The smallest absolute Gasteiger partial charge is 0.0220 e. The van der Waals surface area contributed by atoms with E-state index in [1.54, 1.807) is 0 Å². The molecule has 0 spiro atoms. The normalized spacial score (nSPS) is 10.7. The summed E-state index contributed by atoms with van der Waals surface area (Å²) in [5, 5.41) is 5.71. The second-order valence-electron chi connectivity index (χ2n) is 6.55. The number of rotatable bonds is 7. The maximum Gasteiger partial charge on any atom is -0.0220 e. The van der Waals surface area contributed by atoms with E-state index in [0.29, 0.717) is 0 Å². The molecule has 0 radical (unpaired) electrons. The molecule has 5 heteroatoms. The molecule has 4 aromatic rings. The van der Waals surface area contributed by atoms with Crippen LogP contribution in [0.3, 0.4) is 0 Å². The van der Waals surface area contributed by atoms with Crippen molar-refractivity contribution in [2.75, 3.05) is 6.16 Å². The second kappa shape index (κ2) is 14.4. The van der Waals surface area contributed by atoms with Gasteiger partial charge in [-0.15, -0.1) is 6.16 Å². The van der Waals surface area contributed by atoms with Gasteiger partial charge in [0, 0.05) is 0 Å². The zero-order valence-corrected chi connectivity index (χ0v) is 22.7. The minimum Gasteiger partial charge on any atom is -0.289 e. The number of hydrogen-bond donors (Lipinski definition) is 0. The summed E-state index contributed by atoms with van der Waals surface area (Å²) in [7, 11) is 0.374. The zero-order chi connectivity index (χ0) is 21.7. The van der Waals surface area contributed by atoms with Crippen LogP contribution in [0.2, 0.25) is 0 Å². The molecule has 0 N–H and O–H groups in total. The predicted molar refractivity (Wildman–Crippen MR) is 145 cm³/mol. The van der Waals surface area contributed by atoms with Gasteiger partial charge in [0.1, 0.15) is 0 Å². The summed E-state index contributed by atoms with van der Waals surface area (Å²) in [4.78, 5) is 0. The van der Waals surface area contributed by atoms with Gasteiger partial charge in [-0.2, -0.15) is 0 Å². The molecule has 4 aromatic carbocycles. The van der Waals surface area contributed by atoms with Crippen molar-refractivity contribution in [3.05, 3.63) is 127 Å². The van der Waals surface area contributed by atoms with Gasteiger partial charge >= 0.3 is 39.3 Å². The van der Waals surface area contributed by atoms with Crippen molar-refractivity contribution in [3.63, 3.8) is 0 Å². The molecule has 31 heavy (non-hydrogen) atoms. The van der Waals surface area contributed by atoms with Gasteiger partial charge in [0.15, 0.2) is 0 Å². The van der Waals surface area contributed by atoms with Crippen LogP contribution in [-0.4, -0.2) is 6.16 Å². The Bertz CT molecular complexity index is 825. The Labute approximate surface area is 208 Å². The molecular formula is C26H23Br2NiP2. The minimum absolute atomic E-state index is 0.403. The van der Waals surface area contributed by atoms with Crippen molar-refractivity contribution in [1.29, 1.82) is 0 Å². The van der Waals surface area contributed by atoms with Crippen molar-refractivity contribution in [3.8, 4) is 0 Å². The summed E-state index contributed by atoms with van der Waals surface area (Å²) in [6, 6.07) is 43.8. The number of benzene rings is 4. The Morgan fingerprint density at radius 2 is 0.806 bits per heavy atom. The molecular weight excluding hydrogens is 593 g/mol. The van der Waals surface area contributed by atoms with Gasteiger partial charge in [-0.25, -0.2) is 7.92 Å². The van der Waals surface area contributed by atoms with Gasteiger partial charge < -0.3 is 0 Å². The van der Waals surface area contributed by atoms with E-state index >= 15 is 0 Å². The van der Waals surface area contributed by atoms with Crippen molar-refractivity contribution < 1.29 is 10.9 Å². The van der Waals surface area contributed by atoms with Crippen LogP contribution in [0, 0.1) is 6.16 Å². The van der Waals surface area contributed by atoms with Gasteiger partial charge in [-0.05, 0) is 10.6 Å². The first-order valence-corrected chi connectivity index (χ1v) is 17.6. The molecule has 0 aliphatic heterocycles. The minimum atomic E-state index is -0.473. The monoisotopic (exact) mass is 613 g/mol. The van der Waals surface area contributed by atoms with Gasteiger partial charge in [0.05, 0.1) is 0 Å². The zero-order valence-electron chi connectivity index (χ0n) is 16.8. The fraction of sp³-hybridized carbons (Fsp3) is 0.0385. The van der Waals surface area contributed by atoms with Crippen LogP contribution in [0.5, 0.6) is 0 Å². The fourth-order valence-corrected chi connectivity index (χ4v) is 8.07. The fourth-order valence-electron chi connectivity index (χ4n) is 3.28. The van der Waals surface area contributed by atoms with Crippen LogP contribution in [-0.2, 0) is 10.9 Å². The van der Waals surface area contributed by atoms with Crippen molar-refractivity contribution >= 4 is 65.5 Å². The molecule has 0 aliphatic rings. The van der Waals surface area contributed by atoms with E-state index in [2.05, 4.69) is 156 Å². The molecule has 0 fully saturated rings. The summed E-state index contributed by atoms with van der Waals surface area (Å²) in [5.74, 6) is 0. The number of hydrogen-bond acceptors (Lipinski definition) is 0. The first-order chi connectivity index (χ1) is 15.3. The van der Waals surface area contributed by atoms with E-state index in [9.17, 15) is 0 Å². The molecule has 0 atom stereocenters. The van der Waals surface area contributed by atoms with Crippen LogP contribution in [0.15, 0.2) is 121 Å². The van der Waals surface area contributed by atoms with Crippen molar-refractivity contribution in [1.82, 2.24) is 0 Å². The summed E-state index contributed by atoms with van der Waals surface area (Å²) >= 11 is 6.00. The van der Waals surface area contributed by atoms with Crippen LogP contribution in [0.4, 0.5) is 0 Å². The average Bonchev–Trinajstić information content (AvgIpc) is 2.85. The van der Waals surface area contributed by atoms with E-state index in [4.69, 9.17) is 0 Å². The largest absolute Gasteiger partial charge is 0.289 e. The van der Waals surface area contributed by atoms with Crippen LogP contribution < -0.4 is 21.2 Å².